The molecule has 0 spiro atoms. The van der Waals surface area contributed by atoms with Gasteiger partial charge in [-0.15, -0.1) is 0 Å². The molecule has 6 nitrogen and oxygen atoms in total. The number of benzene rings is 1. The summed E-state index contributed by atoms with van der Waals surface area (Å²) in [6, 6.07) is 1.62. The fraction of sp³-hybridized carbons (Fsp3) is 0.333. The quantitative estimate of drug-likeness (QED) is 0.854. The number of ether oxygens (including phenoxy) is 1. The Morgan fingerprint density at radius 2 is 2.28 bits per heavy atom. The highest BCUT2D eigenvalue weighted by Gasteiger charge is 2.18. The predicted molar refractivity (Wildman–Crippen MR) is 67.0 cm³/mol. The van der Waals surface area contributed by atoms with Gasteiger partial charge in [-0.1, -0.05) is 0 Å². The van der Waals surface area contributed by atoms with Crippen LogP contribution < -0.4 is 4.74 Å². The lowest BCUT2D eigenvalue weighted by Crippen LogP contribution is -2.13. The maximum absolute atomic E-state index is 11.2. The second-order valence-corrected chi connectivity index (χ2v) is 4.31. The molecular formula is C12H15N3O3. The topological polar surface area (TPSA) is 78.4 Å². The minimum absolute atomic E-state index is 0.184. The molecule has 0 aliphatic heterocycles. The summed E-state index contributed by atoms with van der Waals surface area (Å²) in [6.45, 7) is 0.602. The summed E-state index contributed by atoms with van der Waals surface area (Å²) in [5.41, 5.74) is 1.43. The zero-order valence-electron chi connectivity index (χ0n) is 10.5. The highest BCUT2D eigenvalue weighted by Crippen LogP contribution is 2.32. The zero-order valence-corrected chi connectivity index (χ0v) is 10.5. The lowest BCUT2D eigenvalue weighted by atomic mass is 10.0. The largest absolute Gasteiger partial charge is 0.496 e. The first kappa shape index (κ1) is 12.4. The maximum Gasteiger partial charge on any atom is 0.338 e. The second-order valence-electron chi connectivity index (χ2n) is 4.31. The van der Waals surface area contributed by atoms with Gasteiger partial charge in [0.15, 0.2) is 0 Å². The molecule has 18 heavy (non-hydrogen) atoms. The summed E-state index contributed by atoms with van der Waals surface area (Å²) >= 11 is 0. The van der Waals surface area contributed by atoms with Crippen LogP contribution in [0.25, 0.3) is 10.9 Å². The highest BCUT2D eigenvalue weighted by atomic mass is 16.5. The molecular weight excluding hydrogens is 234 g/mol. The number of carbonyl (C=O) groups is 1. The van der Waals surface area contributed by atoms with E-state index in [4.69, 9.17) is 4.74 Å². The first-order valence-corrected chi connectivity index (χ1v) is 5.46. The van der Waals surface area contributed by atoms with E-state index in [1.165, 1.54) is 0 Å². The number of nitrogens with zero attached hydrogens (tertiary/aromatic N) is 2. The van der Waals surface area contributed by atoms with Gasteiger partial charge in [0, 0.05) is 18.3 Å². The molecule has 0 amide bonds. The van der Waals surface area contributed by atoms with E-state index >= 15 is 0 Å². The summed E-state index contributed by atoms with van der Waals surface area (Å²) in [6.07, 6.45) is 1.65. The van der Waals surface area contributed by atoms with Gasteiger partial charge in [-0.25, -0.2) is 4.79 Å². The van der Waals surface area contributed by atoms with Gasteiger partial charge < -0.3 is 14.7 Å². The van der Waals surface area contributed by atoms with Gasteiger partial charge in [-0.3, -0.25) is 5.10 Å². The Morgan fingerprint density at radius 3 is 2.83 bits per heavy atom. The molecule has 0 saturated carbocycles. The third-order valence-electron chi connectivity index (χ3n) is 2.67. The summed E-state index contributed by atoms with van der Waals surface area (Å²) < 4.78 is 5.37. The lowest BCUT2D eigenvalue weighted by molar-refractivity contribution is 0.0698. The van der Waals surface area contributed by atoms with Crippen LogP contribution in [-0.4, -0.2) is 47.4 Å². The number of H-pyrrole nitrogens is 1. The SMILES string of the molecule is COc1c(CN(C)C)cc(C(=O)O)c2n[nH]cc12. The summed E-state index contributed by atoms with van der Waals surface area (Å²) in [7, 11) is 5.40. The van der Waals surface area contributed by atoms with Gasteiger partial charge >= 0.3 is 5.97 Å². The number of aromatic nitrogens is 2. The molecule has 0 aliphatic rings. The van der Waals surface area contributed by atoms with Crippen LogP contribution in [0.4, 0.5) is 0 Å². The van der Waals surface area contributed by atoms with Crippen molar-refractivity contribution < 1.29 is 14.6 Å². The van der Waals surface area contributed by atoms with Crippen LogP contribution >= 0.6 is 0 Å². The smallest absolute Gasteiger partial charge is 0.338 e. The van der Waals surface area contributed by atoms with Crippen LogP contribution in [-0.2, 0) is 6.54 Å². The predicted octanol–water partition coefficient (Wildman–Crippen LogP) is 1.33. The average molecular weight is 249 g/mol. The van der Waals surface area contributed by atoms with Gasteiger partial charge in [-0.2, -0.15) is 5.10 Å². The first-order chi connectivity index (χ1) is 8.54. The van der Waals surface area contributed by atoms with Gasteiger partial charge in [0.1, 0.15) is 11.3 Å². The van der Waals surface area contributed by atoms with Crippen LogP contribution in [0.2, 0.25) is 0 Å². The van der Waals surface area contributed by atoms with Crippen LogP contribution in [0.3, 0.4) is 0 Å². The van der Waals surface area contributed by atoms with Crippen molar-refractivity contribution in [3.8, 4) is 5.75 Å². The van der Waals surface area contributed by atoms with Gasteiger partial charge in [-0.05, 0) is 20.2 Å². The Bertz CT molecular complexity index is 590. The van der Waals surface area contributed by atoms with E-state index in [2.05, 4.69) is 10.2 Å². The Kier molecular flexibility index (Phi) is 3.20. The van der Waals surface area contributed by atoms with Crippen LogP contribution in [0.1, 0.15) is 15.9 Å². The lowest BCUT2D eigenvalue weighted by Gasteiger charge is -2.15. The van der Waals surface area contributed by atoms with Gasteiger partial charge in [0.05, 0.1) is 18.1 Å². The van der Waals surface area contributed by atoms with E-state index in [1.54, 1.807) is 19.4 Å². The number of fused-ring (bicyclic) bond motifs is 1. The Labute approximate surface area is 104 Å². The van der Waals surface area contributed by atoms with Crippen LogP contribution in [0, 0.1) is 0 Å². The fourth-order valence-electron chi connectivity index (χ4n) is 2.01. The van der Waals surface area contributed by atoms with E-state index in [9.17, 15) is 9.90 Å². The number of carboxylic acid groups (broad SMARTS) is 1. The van der Waals surface area contributed by atoms with E-state index in [1.807, 2.05) is 19.0 Å². The van der Waals surface area contributed by atoms with Crippen LogP contribution in [0.15, 0.2) is 12.3 Å². The summed E-state index contributed by atoms with van der Waals surface area (Å²) in [5, 5.41) is 16.6. The standard InChI is InChI=1S/C12H15N3O3/c1-15(2)6-7-4-8(12(16)17)10-9(5-13-14-10)11(7)18-3/h4-5H,6H2,1-3H3,(H,13,14)(H,16,17). The number of nitrogens with one attached hydrogen (secondary N) is 1. The number of hydrogen-bond acceptors (Lipinski definition) is 4. The molecule has 1 aromatic carbocycles. The van der Waals surface area contributed by atoms with Crippen molar-refractivity contribution in [3.63, 3.8) is 0 Å². The molecule has 0 aliphatic carbocycles. The minimum Gasteiger partial charge on any atom is -0.496 e. The van der Waals surface area contributed by atoms with Crippen molar-refractivity contribution in [2.24, 2.45) is 0 Å². The number of methoxy groups -OCH3 is 1. The normalized spacial score (nSPS) is 11.1. The zero-order chi connectivity index (χ0) is 13.3. The number of aromatic amines is 1. The molecule has 2 rings (SSSR count). The van der Waals surface area contributed by atoms with E-state index < -0.39 is 5.97 Å². The highest BCUT2D eigenvalue weighted by molar-refractivity contribution is 6.04. The van der Waals surface area contributed by atoms with Crippen molar-refractivity contribution >= 4 is 16.9 Å². The van der Waals surface area contributed by atoms with Crippen molar-refractivity contribution in [3.05, 3.63) is 23.4 Å². The first-order valence-electron chi connectivity index (χ1n) is 5.46. The number of hydrogen-bond donors (Lipinski definition) is 2. The van der Waals surface area contributed by atoms with Gasteiger partial charge in [0.25, 0.3) is 0 Å². The molecule has 0 unspecified atom stereocenters. The van der Waals surface area contributed by atoms with Crippen molar-refractivity contribution in [2.75, 3.05) is 21.2 Å². The third-order valence-corrected chi connectivity index (χ3v) is 2.67. The van der Waals surface area contributed by atoms with E-state index in [0.717, 1.165) is 5.56 Å². The monoisotopic (exact) mass is 249 g/mol. The molecule has 0 radical (unpaired) electrons. The van der Waals surface area contributed by atoms with E-state index in [-0.39, 0.29) is 5.56 Å². The Hall–Kier alpha value is -2.08. The third kappa shape index (κ3) is 2.02. The molecule has 6 heteroatoms. The molecule has 0 bridgehead atoms. The van der Waals surface area contributed by atoms with Crippen LogP contribution in [0.5, 0.6) is 5.75 Å². The molecule has 2 N–H and O–H groups in total. The van der Waals surface area contributed by atoms with Crippen molar-refractivity contribution in [1.29, 1.82) is 0 Å². The molecule has 96 valence electrons. The fourth-order valence-corrected chi connectivity index (χ4v) is 2.01. The van der Waals surface area contributed by atoms with Crippen molar-refractivity contribution in [2.45, 2.75) is 6.54 Å². The summed E-state index contributed by atoms with van der Waals surface area (Å²) in [5.74, 6) is -0.327. The maximum atomic E-state index is 11.2. The number of rotatable bonds is 4. The molecule has 0 atom stereocenters. The second kappa shape index (κ2) is 4.66. The molecule has 1 aromatic heterocycles. The van der Waals surface area contributed by atoms with Gasteiger partial charge in [0.2, 0.25) is 0 Å². The molecule has 0 saturated heterocycles. The Balaban J connectivity index is 2.71. The molecule has 1 heterocycles. The molecule has 0 fully saturated rings. The van der Waals surface area contributed by atoms with Crippen molar-refractivity contribution in [1.82, 2.24) is 15.1 Å². The van der Waals surface area contributed by atoms with E-state index in [0.29, 0.717) is 23.2 Å². The average Bonchev–Trinajstić information content (AvgIpc) is 2.75. The summed E-state index contributed by atoms with van der Waals surface area (Å²) in [4.78, 5) is 13.2. The Morgan fingerprint density at radius 1 is 1.56 bits per heavy atom. The minimum atomic E-state index is -0.991. The number of carboxylic acids is 1. The number of aromatic carboxylic acids is 1. The molecule has 2 aromatic rings.